The minimum absolute atomic E-state index is 0.329. The van der Waals surface area contributed by atoms with Crippen LogP contribution in [0.1, 0.15) is 39.9 Å². The summed E-state index contributed by atoms with van der Waals surface area (Å²) in [6.07, 6.45) is 2.95. The van der Waals surface area contributed by atoms with Crippen LogP contribution in [0.3, 0.4) is 0 Å². The van der Waals surface area contributed by atoms with E-state index >= 15 is 0 Å². The number of ether oxygens (including phenoxy) is 1. The number of hydrogen-bond acceptors (Lipinski definition) is 6. The van der Waals surface area contributed by atoms with Crippen LogP contribution in [0.2, 0.25) is 0 Å². The Kier molecular flexibility index (Phi) is 4.86. The van der Waals surface area contributed by atoms with Crippen molar-refractivity contribution in [1.29, 1.82) is 0 Å². The lowest BCUT2D eigenvalue weighted by molar-refractivity contribution is 0.0601. The largest absolute Gasteiger partial charge is 0.465 e. The molecule has 2 N–H and O–H groups in total. The number of nitrogens with one attached hydrogen (secondary N) is 2. The second kappa shape index (κ2) is 6.90. The molecule has 0 aromatic carbocycles. The molecular weight excluding hydrogens is 346 g/mol. The molecule has 1 unspecified atom stereocenters. The number of fused-ring (bicyclic) bond motifs is 1. The van der Waals surface area contributed by atoms with Crippen molar-refractivity contribution < 1.29 is 14.1 Å². The van der Waals surface area contributed by atoms with E-state index in [2.05, 4.69) is 22.7 Å². The van der Waals surface area contributed by atoms with Gasteiger partial charge in [0, 0.05) is 10.9 Å². The van der Waals surface area contributed by atoms with E-state index in [9.17, 15) is 4.79 Å². The van der Waals surface area contributed by atoms with Gasteiger partial charge in [0.05, 0.1) is 12.7 Å². The number of aryl methyl sites for hydroxylation is 1. The fourth-order valence-corrected chi connectivity index (χ4v) is 4.51. The third kappa shape index (κ3) is 3.44. The lowest BCUT2D eigenvalue weighted by Crippen LogP contribution is -2.20. The SMILES string of the molecule is COC(=O)c1c(NC(=S)Nc2cc(C)on2)sc2c1CCC(C)C2. The van der Waals surface area contributed by atoms with E-state index in [1.165, 1.54) is 12.0 Å². The first-order valence-corrected chi connectivity index (χ1v) is 8.94. The quantitative estimate of drug-likeness (QED) is 0.633. The van der Waals surface area contributed by atoms with E-state index in [4.69, 9.17) is 21.5 Å². The highest BCUT2D eigenvalue weighted by Gasteiger charge is 2.28. The third-order valence-corrected chi connectivity index (χ3v) is 5.37. The standard InChI is InChI=1S/C16H19N3O3S2/c1-8-4-5-10-11(6-8)24-14(13(10)15(20)21-3)18-16(23)17-12-7-9(2)22-19-12/h7-8H,4-6H2,1-3H3,(H2,17,18,19,23). The molecule has 2 heterocycles. The number of nitrogens with zero attached hydrogens (tertiary/aromatic N) is 1. The first-order valence-electron chi connectivity index (χ1n) is 7.72. The minimum Gasteiger partial charge on any atom is -0.465 e. The molecule has 0 spiro atoms. The second-order valence-electron chi connectivity index (χ2n) is 5.95. The van der Waals surface area contributed by atoms with Crippen molar-refractivity contribution in [1.82, 2.24) is 5.16 Å². The molecule has 0 amide bonds. The second-order valence-corrected chi connectivity index (χ2v) is 7.46. The maximum Gasteiger partial charge on any atom is 0.341 e. The molecule has 2 aromatic rings. The Labute approximate surface area is 149 Å². The Morgan fingerprint density at radius 1 is 1.50 bits per heavy atom. The van der Waals surface area contributed by atoms with E-state index in [0.717, 1.165) is 29.8 Å². The normalized spacial score (nSPS) is 16.4. The number of aromatic nitrogens is 1. The molecule has 0 bridgehead atoms. The van der Waals surface area contributed by atoms with Gasteiger partial charge in [0.15, 0.2) is 10.9 Å². The summed E-state index contributed by atoms with van der Waals surface area (Å²) in [6, 6.07) is 1.75. The van der Waals surface area contributed by atoms with Crippen LogP contribution in [-0.2, 0) is 17.6 Å². The van der Waals surface area contributed by atoms with E-state index in [0.29, 0.717) is 28.2 Å². The summed E-state index contributed by atoms with van der Waals surface area (Å²) in [5.74, 6) is 1.51. The number of carbonyl (C=O) groups excluding carboxylic acids is 1. The molecule has 0 aliphatic heterocycles. The fourth-order valence-electron chi connectivity index (χ4n) is 2.83. The molecule has 3 rings (SSSR count). The summed E-state index contributed by atoms with van der Waals surface area (Å²) in [5.41, 5.74) is 1.69. The molecule has 1 aliphatic rings. The first kappa shape index (κ1) is 16.9. The van der Waals surface area contributed by atoms with Gasteiger partial charge in [0.25, 0.3) is 0 Å². The Morgan fingerprint density at radius 2 is 2.29 bits per heavy atom. The van der Waals surface area contributed by atoms with E-state index < -0.39 is 0 Å². The number of carbonyl (C=O) groups is 1. The number of rotatable bonds is 3. The Balaban J connectivity index is 1.84. The van der Waals surface area contributed by atoms with Crippen LogP contribution in [-0.4, -0.2) is 23.3 Å². The van der Waals surface area contributed by atoms with Gasteiger partial charge in [-0.2, -0.15) is 0 Å². The summed E-state index contributed by atoms with van der Waals surface area (Å²) >= 11 is 6.89. The van der Waals surface area contributed by atoms with E-state index in [-0.39, 0.29) is 5.97 Å². The van der Waals surface area contributed by atoms with Crippen molar-refractivity contribution >= 4 is 45.5 Å². The summed E-state index contributed by atoms with van der Waals surface area (Å²) in [5, 5.41) is 11.0. The predicted octanol–water partition coefficient (Wildman–Crippen LogP) is 3.76. The van der Waals surface area contributed by atoms with Gasteiger partial charge >= 0.3 is 5.97 Å². The molecule has 6 nitrogen and oxygen atoms in total. The highest BCUT2D eigenvalue weighted by atomic mass is 32.1. The van der Waals surface area contributed by atoms with Gasteiger partial charge in [-0.25, -0.2) is 4.79 Å². The van der Waals surface area contributed by atoms with E-state index in [1.54, 1.807) is 24.3 Å². The zero-order chi connectivity index (χ0) is 17.3. The molecular formula is C16H19N3O3S2. The van der Waals surface area contributed by atoms with Gasteiger partial charge in [-0.15, -0.1) is 11.3 Å². The minimum atomic E-state index is -0.329. The zero-order valence-electron chi connectivity index (χ0n) is 13.8. The van der Waals surface area contributed by atoms with Gasteiger partial charge < -0.3 is 19.9 Å². The summed E-state index contributed by atoms with van der Waals surface area (Å²) in [7, 11) is 1.40. The Bertz CT molecular complexity index is 782. The molecule has 0 radical (unpaired) electrons. The molecule has 0 fully saturated rings. The average molecular weight is 365 g/mol. The van der Waals surface area contributed by atoms with Crippen LogP contribution in [0.15, 0.2) is 10.6 Å². The number of esters is 1. The van der Waals surface area contributed by atoms with Crippen LogP contribution in [0.5, 0.6) is 0 Å². The van der Waals surface area contributed by atoms with Crippen LogP contribution >= 0.6 is 23.6 Å². The highest BCUT2D eigenvalue weighted by molar-refractivity contribution is 7.80. The maximum atomic E-state index is 12.2. The summed E-state index contributed by atoms with van der Waals surface area (Å²) in [6.45, 7) is 4.03. The van der Waals surface area contributed by atoms with Crippen LogP contribution in [0, 0.1) is 12.8 Å². The Morgan fingerprint density at radius 3 is 2.96 bits per heavy atom. The van der Waals surface area contributed by atoms with Gasteiger partial charge in [-0.05, 0) is 49.9 Å². The van der Waals surface area contributed by atoms with Gasteiger partial charge in [-0.3, -0.25) is 0 Å². The van der Waals surface area contributed by atoms with Crippen molar-refractivity contribution in [2.75, 3.05) is 17.7 Å². The van der Waals surface area contributed by atoms with Crippen LogP contribution in [0.4, 0.5) is 10.8 Å². The molecule has 8 heteroatoms. The Hall–Kier alpha value is -1.93. The highest BCUT2D eigenvalue weighted by Crippen LogP contribution is 2.40. The molecule has 0 saturated heterocycles. The lowest BCUT2D eigenvalue weighted by Gasteiger charge is -2.18. The predicted molar refractivity (Wildman–Crippen MR) is 97.9 cm³/mol. The third-order valence-electron chi connectivity index (χ3n) is 4.00. The summed E-state index contributed by atoms with van der Waals surface area (Å²) < 4.78 is 9.97. The molecule has 1 aliphatic carbocycles. The van der Waals surface area contributed by atoms with E-state index in [1.807, 2.05) is 0 Å². The molecule has 2 aromatic heterocycles. The molecule has 24 heavy (non-hydrogen) atoms. The van der Waals surface area contributed by atoms with Crippen molar-refractivity contribution in [3.8, 4) is 0 Å². The van der Waals surface area contributed by atoms with Crippen molar-refractivity contribution in [3.63, 3.8) is 0 Å². The van der Waals surface area contributed by atoms with Crippen molar-refractivity contribution in [3.05, 3.63) is 27.8 Å². The average Bonchev–Trinajstić information content (AvgIpc) is 3.09. The molecule has 1 atom stereocenters. The van der Waals surface area contributed by atoms with Gasteiger partial charge in [0.2, 0.25) is 0 Å². The molecule has 128 valence electrons. The number of anilines is 2. The molecule has 0 saturated carbocycles. The topological polar surface area (TPSA) is 76.4 Å². The first-order chi connectivity index (χ1) is 11.5. The number of thiocarbonyl (C=S) groups is 1. The fraction of sp³-hybridized carbons (Fsp3) is 0.438. The smallest absolute Gasteiger partial charge is 0.341 e. The van der Waals surface area contributed by atoms with Crippen molar-refractivity contribution in [2.24, 2.45) is 5.92 Å². The number of thiophene rings is 1. The van der Waals surface area contributed by atoms with Gasteiger partial charge in [0.1, 0.15) is 10.8 Å². The zero-order valence-corrected chi connectivity index (χ0v) is 15.4. The maximum absolute atomic E-state index is 12.2. The number of hydrogen-bond donors (Lipinski definition) is 2. The van der Waals surface area contributed by atoms with Crippen molar-refractivity contribution in [2.45, 2.75) is 33.1 Å². The monoisotopic (exact) mass is 365 g/mol. The number of methoxy groups -OCH3 is 1. The summed E-state index contributed by atoms with van der Waals surface area (Å²) in [4.78, 5) is 13.5. The van der Waals surface area contributed by atoms with Crippen LogP contribution in [0.25, 0.3) is 0 Å². The lowest BCUT2D eigenvalue weighted by atomic mass is 9.88. The van der Waals surface area contributed by atoms with Gasteiger partial charge in [-0.1, -0.05) is 12.1 Å². The van der Waals surface area contributed by atoms with Crippen LogP contribution < -0.4 is 10.6 Å².